The van der Waals surface area contributed by atoms with Crippen molar-refractivity contribution in [2.24, 2.45) is 5.73 Å². The normalized spacial score (nSPS) is 17.0. The summed E-state index contributed by atoms with van der Waals surface area (Å²) in [6, 6.07) is 8.61. The van der Waals surface area contributed by atoms with Gasteiger partial charge in [0.05, 0.1) is 29.8 Å². The number of aromatic amines is 1. The molecule has 1 atom stereocenters. The summed E-state index contributed by atoms with van der Waals surface area (Å²) in [4.78, 5) is 15.8. The summed E-state index contributed by atoms with van der Waals surface area (Å²) in [5, 5.41) is 8.01. The van der Waals surface area contributed by atoms with Crippen molar-refractivity contribution in [1.29, 1.82) is 0 Å². The molecule has 5 rings (SSSR count). The van der Waals surface area contributed by atoms with E-state index in [0.717, 1.165) is 42.7 Å². The third-order valence-electron chi connectivity index (χ3n) is 5.24. The summed E-state index contributed by atoms with van der Waals surface area (Å²) in [6.07, 6.45) is 7.19. The van der Waals surface area contributed by atoms with E-state index >= 15 is 0 Å². The molecule has 4 aromatic rings. The Morgan fingerprint density at radius 3 is 2.90 bits per heavy atom. The van der Waals surface area contributed by atoms with E-state index in [1.807, 2.05) is 6.07 Å². The Labute approximate surface area is 166 Å². The maximum absolute atomic E-state index is 14.3. The summed E-state index contributed by atoms with van der Waals surface area (Å²) < 4.78 is 14.3. The number of H-pyrrole nitrogens is 1. The summed E-state index contributed by atoms with van der Waals surface area (Å²) in [6.45, 7) is 1.68. The highest BCUT2D eigenvalue weighted by Gasteiger charge is 2.19. The first-order valence-electron chi connectivity index (χ1n) is 9.61. The van der Waals surface area contributed by atoms with E-state index in [-0.39, 0.29) is 11.9 Å². The Morgan fingerprint density at radius 2 is 2.03 bits per heavy atom. The Hall–Kier alpha value is -3.39. The van der Waals surface area contributed by atoms with Crippen LogP contribution < -0.4 is 10.6 Å². The predicted molar refractivity (Wildman–Crippen MR) is 110 cm³/mol. The Kier molecular flexibility index (Phi) is 4.40. The van der Waals surface area contributed by atoms with Gasteiger partial charge in [-0.15, -0.1) is 0 Å². The SMILES string of the molecule is N[C@H]1CCCN(c2cncc(-c3cc4c(-c5ccccc5F)n[nH]c4cn3)n2)C1. The number of nitrogens with one attached hydrogen (secondary N) is 1. The number of halogens is 1. The minimum atomic E-state index is -0.317. The van der Waals surface area contributed by atoms with E-state index in [4.69, 9.17) is 10.7 Å². The number of aromatic nitrogens is 5. The summed E-state index contributed by atoms with van der Waals surface area (Å²) >= 11 is 0. The average Bonchev–Trinajstić information content (AvgIpc) is 3.17. The van der Waals surface area contributed by atoms with Gasteiger partial charge in [0.25, 0.3) is 0 Å². The zero-order chi connectivity index (χ0) is 19.8. The first kappa shape index (κ1) is 17.7. The van der Waals surface area contributed by atoms with Crippen LogP contribution in [-0.4, -0.2) is 44.3 Å². The molecule has 29 heavy (non-hydrogen) atoms. The van der Waals surface area contributed by atoms with Gasteiger partial charge >= 0.3 is 0 Å². The van der Waals surface area contributed by atoms with Crippen LogP contribution >= 0.6 is 0 Å². The molecule has 0 amide bonds. The van der Waals surface area contributed by atoms with Gasteiger partial charge in [-0.3, -0.25) is 15.1 Å². The highest BCUT2D eigenvalue weighted by Crippen LogP contribution is 2.30. The number of benzene rings is 1. The van der Waals surface area contributed by atoms with Crippen molar-refractivity contribution in [2.75, 3.05) is 18.0 Å². The fraction of sp³-hybridized carbons (Fsp3) is 0.238. The molecule has 4 heterocycles. The Bertz CT molecular complexity index is 1170. The second-order valence-corrected chi connectivity index (χ2v) is 7.28. The van der Waals surface area contributed by atoms with Crippen molar-refractivity contribution in [2.45, 2.75) is 18.9 Å². The standard InChI is InChI=1S/C21H20FN7/c22-16-6-2-1-5-14(16)21-15-8-17(25-10-18(15)27-28-21)19-9-24-11-20(26-19)29-7-3-4-13(23)12-29/h1-2,5-6,8-11,13H,3-4,7,12,23H2,(H,27,28)/t13-/m0/s1. The molecule has 7 nitrogen and oxygen atoms in total. The molecule has 146 valence electrons. The molecule has 3 aromatic heterocycles. The van der Waals surface area contributed by atoms with Gasteiger partial charge in [-0.1, -0.05) is 12.1 Å². The molecule has 8 heteroatoms. The molecule has 0 aliphatic carbocycles. The van der Waals surface area contributed by atoms with E-state index < -0.39 is 0 Å². The lowest BCUT2D eigenvalue weighted by Gasteiger charge is -2.31. The van der Waals surface area contributed by atoms with Crippen LogP contribution in [0.2, 0.25) is 0 Å². The topological polar surface area (TPSA) is 96.6 Å². The van der Waals surface area contributed by atoms with Crippen LogP contribution in [0.3, 0.4) is 0 Å². The maximum atomic E-state index is 14.3. The first-order valence-corrected chi connectivity index (χ1v) is 9.61. The van der Waals surface area contributed by atoms with Crippen molar-refractivity contribution in [3.05, 3.63) is 54.7 Å². The van der Waals surface area contributed by atoms with Gasteiger partial charge in [0.15, 0.2) is 0 Å². The minimum Gasteiger partial charge on any atom is -0.354 e. The van der Waals surface area contributed by atoms with E-state index in [2.05, 4.69) is 25.1 Å². The number of nitrogens with zero attached hydrogens (tertiary/aromatic N) is 5. The monoisotopic (exact) mass is 389 g/mol. The van der Waals surface area contributed by atoms with Crippen molar-refractivity contribution >= 4 is 16.7 Å². The van der Waals surface area contributed by atoms with E-state index in [1.165, 1.54) is 6.07 Å². The summed E-state index contributed by atoms with van der Waals surface area (Å²) in [7, 11) is 0. The molecule has 1 aliphatic heterocycles. The molecule has 1 fully saturated rings. The van der Waals surface area contributed by atoms with Gasteiger partial charge in [-0.05, 0) is 31.0 Å². The smallest absolute Gasteiger partial charge is 0.147 e. The van der Waals surface area contributed by atoms with E-state index in [0.29, 0.717) is 22.6 Å². The summed E-state index contributed by atoms with van der Waals surface area (Å²) in [5.41, 5.74) is 9.14. The molecule has 0 saturated carbocycles. The lowest BCUT2D eigenvalue weighted by molar-refractivity contribution is 0.503. The zero-order valence-corrected chi connectivity index (χ0v) is 15.7. The van der Waals surface area contributed by atoms with Gasteiger partial charge in [0.1, 0.15) is 23.0 Å². The quantitative estimate of drug-likeness (QED) is 0.559. The number of nitrogens with two attached hydrogens (primary N) is 1. The molecule has 3 N–H and O–H groups in total. The minimum absolute atomic E-state index is 0.151. The van der Waals surface area contributed by atoms with Crippen molar-refractivity contribution in [3.63, 3.8) is 0 Å². The van der Waals surface area contributed by atoms with Crippen LogP contribution in [0.25, 0.3) is 33.5 Å². The summed E-state index contributed by atoms with van der Waals surface area (Å²) in [5.74, 6) is 0.476. The number of fused-ring (bicyclic) bond motifs is 1. The van der Waals surface area contributed by atoms with Crippen molar-refractivity contribution in [3.8, 4) is 22.6 Å². The molecule has 1 aliphatic rings. The molecular formula is C21H20FN7. The van der Waals surface area contributed by atoms with Gasteiger partial charge in [-0.2, -0.15) is 5.10 Å². The van der Waals surface area contributed by atoms with E-state index in [1.54, 1.807) is 36.8 Å². The lowest BCUT2D eigenvalue weighted by atomic mass is 10.1. The second-order valence-electron chi connectivity index (χ2n) is 7.28. The third-order valence-corrected chi connectivity index (χ3v) is 5.24. The Morgan fingerprint density at radius 1 is 1.14 bits per heavy atom. The largest absolute Gasteiger partial charge is 0.354 e. The van der Waals surface area contributed by atoms with Crippen LogP contribution in [0.15, 0.2) is 48.9 Å². The van der Waals surface area contributed by atoms with Crippen molar-refractivity contribution in [1.82, 2.24) is 25.1 Å². The van der Waals surface area contributed by atoms with Gasteiger partial charge in [0.2, 0.25) is 0 Å². The van der Waals surface area contributed by atoms with Crippen molar-refractivity contribution < 1.29 is 4.39 Å². The zero-order valence-electron chi connectivity index (χ0n) is 15.7. The number of anilines is 1. The fourth-order valence-electron chi connectivity index (χ4n) is 3.76. The highest BCUT2D eigenvalue weighted by atomic mass is 19.1. The van der Waals surface area contributed by atoms with Crippen LogP contribution in [0, 0.1) is 5.82 Å². The second kappa shape index (κ2) is 7.21. The third kappa shape index (κ3) is 3.31. The molecule has 1 aromatic carbocycles. The van der Waals surface area contributed by atoms with Crippen LogP contribution in [0.5, 0.6) is 0 Å². The number of hydrogen-bond acceptors (Lipinski definition) is 6. The van der Waals surface area contributed by atoms with Crippen LogP contribution in [0.4, 0.5) is 10.2 Å². The predicted octanol–water partition coefficient (Wildman–Crippen LogP) is 3.15. The number of pyridine rings is 1. The average molecular weight is 389 g/mol. The van der Waals surface area contributed by atoms with Gasteiger partial charge < -0.3 is 10.6 Å². The van der Waals surface area contributed by atoms with Crippen LogP contribution in [-0.2, 0) is 0 Å². The molecule has 0 bridgehead atoms. The molecule has 1 saturated heterocycles. The molecule has 0 spiro atoms. The molecule has 0 radical (unpaired) electrons. The number of hydrogen-bond donors (Lipinski definition) is 2. The van der Waals surface area contributed by atoms with Crippen LogP contribution in [0.1, 0.15) is 12.8 Å². The number of piperidine rings is 1. The highest BCUT2D eigenvalue weighted by molar-refractivity contribution is 5.94. The number of rotatable bonds is 3. The van der Waals surface area contributed by atoms with Gasteiger partial charge in [0, 0.05) is 30.1 Å². The van der Waals surface area contributed by atoms with Gasteiger partial charge in [-0.25, -0.2) is 9.37 Å². The first-order chi connectivity index (χ1) is 14.2. The van der Waals surface area contributed by atoms with E-state index in [9.17, 15) is 4.39 Å². The Balaban J connectivity index is 1.55. The fourth-order valence-corrected chi connectivity index (χ4v) is 3.76. The molecular weight excluding hydrogens is 369 g/mol. The maximum Gasteiger partial charge on any atom is 0.147 e. The molecule has 0 unspecified atom stereocenters. The lowest BCUT2D eigenvalue weighted by Crippen LogP contribution is -2.43.